The van der Waals surface area contributed by atoms with Crippen LogP contribution in [0.2, 0.25) is 0 Å². The highest BCUT2D eigenvalue weighted by atomic mass is 32.1. The minimum Gasteiger partial charge on any atom is -0.452 e. The second kappa shape index (κ2) is 9.26. The quantitative estimate of drug-likeness (QED) is 0.546. The zero-order chi connectivity index (χ0) is 20.9. The van der Waals surface area contributed by atoms with Crippen LogP contribution in [0.1, 0.15) is 42.5 Å². The fraction of sp³-hybridized carbons (Fsp3) is 0.348. The standard InChI is InChI=1S/C23H25N3O3S/c1-25(17-9-4-2-5-10-17)21(27)16-29-23(28)19-15-26(18-11-6-3-7-12-18)24-22(19)20-13-8-14-30-20/h3,6-8,11-15,17H,2,4-5,9-10,16H2,1H3. The number of hydrogen-bond donors (Lipinski definition) is 0. The van der Waals surface area contributed by atoms with Gasteiger partial charge in [-0.1, -0.05) is 43.5 Å². The Kier molecular flexibility index (Phi) is 6.28. The second-order valence-electron chi connectivity index (χ2n) is 7.52. The number of benzene rings is 1. The number of ether oxygens (including phenoxy) is 1. The molecule has 0 radical (unpaired) electrons. The number of amides is 1. The van der Waals surface area contributed by atoms with Gasteiger partial charge in [0.25, 0.3) is 5.91 Å². The Balaban J connectivity index is 1.50. The smallest absolute Gasteiger partial charge is 0.342 e. The normalized spacial score (nSPS) is 14.4. The summed E-state index contributed by atoms with van der Waals surface area (Å²) < 4.78 is 7.08. The van der Waals surface area contributed by atoms with E-state index in [0.717, 1.165) is 36.2 Å². The number of thiophene rings is 1. The molecule has 3 aromatic rings. The van der Waals surface area contributed by atoms with Crippen molar-refractivity contribution in [2.75, 3.05) is 13.7 Å². The van der Waals surface area contributed by atoms with Gasteiger partial charge in [0, 0.05) is 19.3 Å². The molecule has 0 spiro atoms. The molecule has 4 rings (SSSR count). The summed E-state index contributed by atoms with van der Waals surface area (Å²) in [6.45, 7) is -0.258. The van der Waals surface area contributed by atoms with Crippen molar-refractivity contribution in [1.29, 1.82) is 0 Å². The van der Waals surface area contributed by atoms with E-state index in [1.54, 1.807) is 22.8 Å². The predicted molar refractivity (Wildman–Crippen MR) is 117 cm³/mol. The van der Waals surface area contributed by atoms with Crippen LogP contribution in [0.3, 0.4) is 0 Å². The van der Waals surface area contributed by atoms with Crippen molar-refractivity contribution in [2.24, 2.45) is 0 Å². The first kappa shape index (κ1) is 20.3. The van der Waals surface area contributed by atoms with Crippen LogP contribution in [0, 0.1) is 0 Å². The van der Waals surface area contributed by atoms with E-state index in [9.17, 15) is 9.59 Å². The number of carbonyl (C=O) groups excluding carboxylic acids is 2. The number of hydrogen-bond acceptors (Lipinski definition) is 5. The fourth-order valence-corrected chi connectivity index (χ4v) is 4.53. The molecule has 2 aromatic heterocycles. The maximum Gasteiger partial charge on any atom is 0.342 e. The van der Waals surface area contributed by atoms with E-state index < -0.39 is 5.97 Å². The molecule has 1 aliphatic carbocycles. The third-order valence-corrected chi connectivity index (χ3v) is 6.43. The zero-order valence-electron chi connectivity index (χ0n) is 17.0. The summed E-state index contributed by atoms with van der Waals surface area (Å²) in [6, 6.07) is 13.7. The third-order valence-electron chi connectivity index (χ3n) is 5.55. The van der Waals surface area contributed by atoms with E-state index in [1.807, 2.05) is 47.8 Å². The van der Waals surface area contributed by atoms with Crippen LogP contribution in [0.5, 0.6) is 0 Å². The summed E-state index contributed by atoms with van der Waals surface area (Å²) in [5.41, 5.74) is 1.77. The lowest BCUT2D eigenvalue weighted by atomic mass is 9.94. The number of esters is 1. The van der Waals surface area contributed by atoms with Gasteiger partial charge in [-0.15, -0.1) is 11.3 Å². The van der Waals surface area contributed by atoms with E-state index in [1.165, 1.54) is 17.8 Å². The molecule has 2 heterocycles. The molecule has 7 heteroatoms. The van der Waals surface area contributed by atoms with Crippen LogP contribution in [0.15, 0.2) is 54.0 Å². The Morgan fingerprint density at radius 3 is 2.60 bits per heavy atom. The van der Waals surface area contributed by atoms with Crippen LogP contribution >= 0.6 is 11.3 Å². The highest BCUT2D eigenvalue weighted by Crippen LogP contribution is 2.28. The Morgan fingerprint density at radius 2 is 1.90 bits per heavy atom. The number of carbonyl (C=O) groups is 2. The summed E-state index contributed by atoms with van der Waals surface area (Å²) in [4.78, 5) is 28.0. The minimum atomic E-state index is -0.536. The van der Waals surface area contributed by atoms with Crippen LogP contribution in [-0.2, 0) is 9.53 Å². The van der Waals surface area contributed by atoms with E-state index in [2.05, 4.69) is 5.10 Å². The number of nitrogens with zero attached hydrogens (tertiary/aromatic N) is 3. The van der Waals surface area contributed by atoms with E-state index in [0.29, 0.717) is 11.3 Å². The molecule has 1 fully saturated rings. The molecular weight excluding hydrogens is 398 g/mol. The van der Waals surface area contributed by atoms with Crippen molar-refractivity contribution in [3.05, 3.63) is 59.6 Å². The van der Waals surface area contributed by atoms with Gasteiger partial charge in [0.05, 0.1) is 10.6 Å². The van der Waals surface area contributed by atoms with Crippen molar-refractivity contribution in [3.63, 3.8) is 0 Å². The summed E-state index contributed by atoms with van der Waals surface area (Å²) in [5.74, 6) is -0.700. The summed E-state index contributed by atoms with van der Waals surface area (Å²) in [6.07, 6.45) is 7.22. The van der Waals surface area contributed by atoms with E-state index >= 15 is 0 Å². The molecule has 0 N–H and O–H groups in total. The molecule has 0 aliphatic heterocycles. The van der Waals surface area contributed by atoms with Crippen molar-refractivity contribution < 1.29 is 14.3 Å². The molecule has 0 unspecified atom stereocenters. The maximum absolute atomic E-state index is 12.9. The molecule has 0 bridgehead atoms. The second-order valence-corrected chi connectivity index (χ2v) is 8.47. The Bertz CT molecular complexity index is 992. The first-order chi connectivity index (χ1) is 14.6. The van der Waals surface area contributed by atoms with Gasteiger partial charge in [-0.25, -0.2) is 9.48 Å². The van der Waals surface area contributed by atoms with Crippen molar-refractivity contribution >= 4 is 23.2 Å². The summed E-state index contributed by atoms with van der Waals surface area (Å²) in [7, 11) is 1.80. The molecule has 0 atom stereocenters. The van der Waals surface area contributed by atoms with Crippen molar-refractivity contribution in [1.82, 2.24) is 14.7 Å². The molecule has 1 amide bonds. The minimum absolute atomic E-state index is 0.164. The number of aromatic nitrogens is 2. The van der Waals surface area contributed by atoms with Gasteiger partial charge < -0.3 is 9.64 Å². The molecule has 1 saturated carbocycles. The lowest BCUT2D eigenvalue weighted by Crippen LogP contribution is -2.40. The number of likely N-dealkylation sites (N-methyl/N-ethyl adjacent to an activating group) is 1. The SMILES string of the molecule is CN(C(=O)COC(=O)c1cn(-c2ccccc2)nc1-c1cccs1)C1CCCCC1. The Labute approximate surface area is 180 Å². The van der Waals surface area contributed by atoms with Gasteiger partial charge in [0.15, 0.2) is 6.61 Å². The molecular formula is C23H25N3O3S. The fourth-order valence-electron chi connectivity index (χ4n) is 3.81. The van der Waals surface area contributed by atoms with Gasteiger partial charge >= 0.3 is 5.97 Å². The maximum atomic E-state index is 12.9. The van der Waals surface area contributed by atoms with Gasteiger partial charge in [0.1, 0.15) is 11.3 Å². The predicted octanol–water partition coefficient (Wildman–Crippen LogP) is 4.55. The monoisotopic (exact) mass is 423 g/mol. The van der Waals surface area contributed by atoms with Crippen LogP contribution < -0.4 is 0 Å². The van der Waals surface area contributed by atoms with Gasteiger partial charge in [-0.3, -0.25) is 4.79 Å². The first-order valence-electron chi connectivity index (χ1n) is 10.3. The third kappa shape index (κ3) is 4.46. The summed E-state index contributed by atoms with van der Waals surface area (Å²) >= 11 is 1.51. The Morgan fingerprint density at radius 1 is 1.13 bits per heavy atom. The molecule has 30 heavy (non-hydrogen) atoms. The van der Waals surface area contributed by atoms with Crippen LogP contribution in [-0.4, -0.2) is 46.3 Å². The Hall–Kier alpha value is -2.93. The number of para-hydroxylation sites is 1. The highest BCUT2D eigenvalue weighted by Gasteiger charge is 2.25. The molecule has 6 nitrogen and oxygen atoms in total. The van der Waals surface area contributed by atoms with Crippen LogP contribution in [0.4, 0.5) is 0 Å². The largest absolute Gasteiger partial charge is 0.452 e. The van der Waals surface area contributed by atoms with Crippen molar-refractivity contribution in [3.8, 4) is 16.3 Å². The lowest BCUT2D eigenvalue weighted by molar-refractivity contribution is -0.135. The van der Waals surface area contributed by atoms with Gasteiger partial charge in [0.2, 0.25) is 0 Å². The molecule has 0 saturated heterocycles. The van der Waals surface area contributed by atoms with Gasteiger partial charge in [-0.05, 0) is 36.4 Å². The topological polar surface area (TPSA) is 64.4 Å². The van der Waals surface area contributed by atoms with Crippen molar-refractivity contribution in [2.45, 2.75) is 38.1 Å². The zero-order valence-corrected chi connectivity index (χ0v) is 17.8. The summed E-state index contributed by atoms with van der Waals surface area (Å²) in [5, 5.41) is 6.55. The van der Waals surface area contributed by atoms with E-state index in [-0.39, 0.29) is 18.6 Å². The van der Waals surface area contributed by atoms with Gasteiger partial charge in [-0.2, -0.15) is 5.10 Å². The van der Waals surface area contributed by atoms with Crippen LogP contribution in [0.25, 0.3) is 16.3 Å². The average Bonchev–Trinajstić information content (AvgIpc) is 3.48. The average molecular weight is 424 g/mol. The molecule has 1 aliphatic rings. The number of rotatable bonds is 6. The first-order valence-corrected chi connectivity index (χ1v) is 11.1. The molecule has 1 aromatic carbocycles. The van der Waals surface area contributed by atoms with E-state index in [4.69, 9.17) is 4.74 Å². The molecule has 156 valence electrons. The highest BCUT2D eigenvalue weighted by molar-refractivity contribution is 7.13. The lowest BCUT2D eigenvalue weighted by Gasteiger charge is -2.31.